The molecule has 0 aliphatic heterocycles. The van der Waals surface area contributed by atoms with E-state index in [0.717, 1.165) is 36.1 Å². The Morgan fingerprint density at radius 3 is 2.05 bits per heavy atom. The third-order valence-electron chi connectivity index (χ3n) is 5.39. The van der Waals surface area contributed by atoms with Gasteiger partial charge in [-0.1, -0.05) is 67.7 Å². The molecule has 0 spiro atoms. The maximum Gasteiger partial charge on any atom is 0.422 e. The van der Waals surface area contributed by atoms with E-state index in [9.17, 15) is 18.0 Å². The van der Waals surface area contributed by atoms with Gasteiger partial charge in [0.15, 0.2) is 0 Å². The Morgan fingerprint density at radius 1 is 0.842 bits per heavy atom. The molecule has 0 bridgehead atoms. The summed E-state index contributed by atoms with van der Waals surface area (Å²) < 4.78 is 49.7. The Hall–Kier alpha value is -4.42. The van der Waals surface area contributed by atoms with Gasteiger partial charge in [-0.15, -0.1) is 0 Å². The van der Waals surface area contributed by atoms with Crippen LogP contribution in [0.4, 0.5) is 13.2 Å². The molecule has 0 aromatic heterocycles. The topological polar surface area (TPSA) is 35.5 Å². The highest BCUT2D eigenvalue weighted by molar-refractivity contribution is 5.91. The van der Waals surface area contributed by atoms with Gasteiger partial charge in [-0.25, -0.2) is 4.79 Å². The lowest BCUT2D eigenvalue weighted by Gasteiger charge is -2.11. The molecule has 0 aliphatic carbocycles. The quantitative estimate of drug-likeness (QED) is 0.108. The summed E-state index contributed by atoms with van der Waals surface area (Å²) in [5.41, 5.74) is 1.58. The molecule has 0 atom stereocenters. The van der Waals surface area contributed by atoms with Crippen molar-refractivity contribution >= 4 is 5.97 Å². The summed E-state index contributed by atoms with van der Waals surface area (Å²) in [5, 5.41) is 0. The molecular weight excluding hydrogens is 489 g/mol. The van der Waals surface area contributed by atoms with Crippen LogP contribution >= 0.6 is 0 Å². The van der Waals surface area contributed by atoms with Gasteiger partial charge in [-0.2, -0.15) is 13.2 Å². The van der Waals surface area contributed by atoms with E-state index in [4.69, 9.17) is 9.47 Å². The molecule has 0 fully saturated rings. The SMILES string of the molecule is C=C(C(=O)Oc1cc(C#Cc2ccc(C)cc2)ccc1C#Cc1ccc(OCCCCC)cc1)C(F)(F)F. The third kappa shape index (κ3) is 8.61. The summed E-state index contributed by atoms with van der Waals surface area (Å²) in [6.07, 6.45) is -1.72. The first kappa shape index (κ1) is 28.2. The number of rotatable bonds is 7. The molecule has 0 N–H and O–H groups in total. The lowest BCUT2D eigenvalue weighted by atomic mass is 10.1. The third-order valence-corrected chi connectivity index (χ3v) is 5.39. The normalized spacial score (nSPS) is 10.4. The standard InChI is InChI=1S/C32H27F3O3/c1-4-5-6-21-37-29-19-15-26(16-20-29)13-17-28-18-14-27(12-11-25-9-7-23(2)8-10-25)22-30(28)38-31(36)24(3)32(33,34)35/h7-10,14-16,18-20,22H,3-6,21H2,1-2H3. The smallest absolute Gasteiger partial charge is 0.422 e. The fourth-order valence-electron chi connectivity index (χ4n) is 3.16. The second kappa shape index (κ2) is 13.2. The van der Waals surface area contributed by atoms with Crippen molar-refractivity contribution in [2.45, 2.75) is 39.3 Å². The van der Waals surface area contributed by atoms with E-state index in [1.54, 1.807) is 36.4 Å². The number of esters is 1. The molecule has 0 heterocycles. The summed E-state index contributed by atoms with van der Waals surface area (Å²) in [5.74, 6) is 10.7. The Kier molecular flexibility index (Phi) is 9.79. The molecule has 0 saturated carbocycles. The summed E-state index contributed by atoms with van der Waals surface area (Å²) in [6, 6.07) is 19.3. The van der Waals surface area contributed by atoms with Crippen LogP contribution in [0.2, 0.25) is 0 Å². The second-order valence-electron chi connectivity index (χ2n) is 8.52. The molecule has 38 heavy (non-hydrogen) atoms. The molecule has 0 saturated heterocycles. The van der Waals surface area contributed by atoms with Crippen LogP contribution in [0.1, 0.15) is 54.0 Å². The highest BCUT2D eigenvalue weighted by atomic mass is 19.4. The van der Waals surface area contributed by atoms with Crippen LogP contribution in [0.3, 0.4) is 0 Å². The number of unbranched alkanes of at least 4 members (excludes halogenated alkanes) is 2. The van der Waals surface area contributed by atoms with Crippen LogP contribution in [0.15, 0.2) is 78.9 Å². The van der Waals surface area contributed by atoms with E-state index >= 15 is 0 Å². The minimum absolute atomic E-state index is 0.139. The summed E-state index contributed by atoms with van der Waals surface area (Å²) in [6.45, 7) is 7.54. The van der Waals surface area contributed by atoms with E-state index in [1.807, 2.05) is 31.2 Å². The van der Waals surface area contributed by atoms with Gasteiger partial charge in [-0.05, 0) is 67.9 Å². The summed E-state index contributed by atoms with van der Waals surface area (Å²) in [4.78, 5) is 12.1. The van der Waals surface area contributed by atoms with Crippen molar-refractivity contribution in [3.8, 4) is 35.2 Å². The van der Waals surface area contributed by atoms with Crippen molar-refractivity contribution in [3.05, 3.63) is 107 Å². The van der Waals surface area contributed by atoms with Gasteiger partial charge >= 0.3 is 12.1 Å². The molecule has 0 amide bonds. The number of aryl methyl sites for hydroxylation is 1. The number of halogens is 3. The van der Waals surface area contributed by atoms with Crippen LogP contribution in [0.25, 0.3) is 0 Å². The molecule has 194 valence electrons. The molecule has 3 rings (SSSR count). The maximum absolute atomic E-state index is 13.0. The van der Waals surface area contributed by atoms with Crippen molar-refractivity contribution in [1.82, 2.24) is 0 Å². The fourth-order valence-corrected chi connectivity index (χ4v) is 3.16. The van der Waals surface area contributed by atoms with E-state index < -0.39 is 17.7 Å². The molecule has 3 aromatic carbocycles. The minimum Gasteiger partial charge on any atom is -0.494 e. The lowest BCUT2D eigenvalue weighted by molar-refractivity contribution is -0.142. The van der Waals surface area contributed by atoms with Gasteiger partial charge in [0.2, 0.25) is 0 Å². The van der Waals surface area contributed by atoms with Crippen molar-refractivity contribution in [2.24, 2.45) is 0 Å². The van der Waals surface area contributed by atoms with E-state index in [-0.39, 0.29) is 11.3 Å². The zero-order chi connectivity index (χ0) is 27.5. The highest BCUT2D eigenvalue weighted by Gasteiger charge is 2.38. The molecule has 3 nitrogen and oxygen atoms in total. The fraction of sp³-hybridized carbons (Fsp3) is 0.219. The molecular formula is C32H27F3O3. The Balaban J connectivity index is 1.86. The Morgan fingerprint density at radius 2 is 1.42 bits per heavy atom. The van der Waals surface area contributed by atoms with Gasteiger partial charge in [-0.3, -0.25) is 0 Å². The van der Waals surface area contributed by atoms with E-state index in [1.165, 1.54) is 6.07 Å². The maximum atomic E-state index is 13.0. The predicted octanol–water partition coefficient (Wildman–Crippen LogP) is 7.39. The first-order valence-corrected chi connectivity index (χ1v) is 12.1. The first-order chi connectivity index (χ1) is 18.2. The molecule has 0 radical (unpaired) electrons. The molecule has 6 heteroatoms. The largest absolute Gasteiger partial charge is 0.494 e. The van der Waals surface area contributed by atoms with Crippen LogP contribution < -0.4 is 9.47 Å². The van der Waals surface area contributed by atoms with Gasteiger partial charge in [0, 0.05) is 16.7 Å². The Labute approximate surface area is 221 Å². The van der Waals surface area contributed by atoms with Crippen molar-refractivity contribution in [3.63, 3.8) is 0 Å². The van der Waals surface area contributed by atoms with E-state index in [2.05, 4.69) is 37.2 Å². The number of alkyl halides is 3. The Bertz CT molecular complexity index is 1400. The van der Waals surface area contributed by atoms with E-state index in [0.29, 0.717) is 17.7 Å². The number of benzene rings is 3. The van der Waals surface area contributed by atoms with Crippen molar-refractivity contribution in [1.29, 1.82) is 0 Å². The molecule has 3 aromatic rings. The zero-order valence-electron chi connectivity index (χ0n) is 21.2. The van der Waals surface area contributed by atoms with Gasteiger partial charge in [0.1, 0.15) is 17.1 Å². The number of hydrogen-bond donors (Lipinski definition) is 0. The number of hydrogen-bond acceptors (Lipinski definition) is 3. The average molecular weight is 517 g/mol. The van der Waals surface area contributed by atoms with Gasteiger partial charge < -0.3 is 9.47 Å². The van der Waals surface area contributed by atoms with Crippen LogP contribution in [-0.4, -0.2) is 18.8 Å². The highest BCUT2D eigenvalue weighted by Crippen LogP contribution is 2.27. The number of carbonyl (C=O) groups is 1. The second-order valence-corrected chi connectivity index (χ2v) is 8.52. The molecule has 0 unspecified atom stereocenters. The van der Waals surface area contributed by atoms with Crippen molar-refractivity contribution < 1.29 is 27.4 Å². The molecule has 0 aliphatic rings. The predicted molar refractivity (Wildman–Crippen MR) is 142 cm³/mol. The van der Waals surface area contributed by atoms with Crippen LogP contribution in [0.5, 0.6) is 11.5 Å². The zero-order valence-corrected chi connectivity index (χ0v) is 21.2. The summed E-state index contributed by atoms with van der Waals surface area (Å²) in [7, 11) is 0. The number of ether oxygens (including phenoxy) is 2. The lowest BCUT2D eigenvalue weighted by Crippen LogP contribution is -2.23. The van der Waals surface area contributed by atoms with Gasteiger partial charge in [0.25, 0.3) is 0 Å². The summed E-state index contributed by atoms with van der Waals surface area (Å²) >= 11 is 0. The minimum atomic E-state index is -4.91. The van der Waals surface area contributed by atoms with Gasteiger partial charge in [0.05, 0.1) is 12.2 Å². The van der Waals surface area contributed by atoms with Crippen LogP contribution in [0, 0.1) is 30.6 Å². The van der Waals surface area contributed by atoms with Crippen LogP contribution in [-0.2, 0) is 4.79 Å². The monoisotopic (exact) mass is 516 g/mol. The van der Waals surface area contributed by atoms with Crippen molar-refractivity contribution in [2.75, 3.05) is 6.61 Å². The number of carbonyl (C=O) groups excluding carboxylic acids is 1. The first-order valence-electron chi connectivity index (χ1n) is 12.1. The average Bonchev–Trinajstić information content (AvgIpc) is 2.90.